The molecule has 7 heteroatoms. The molecule has 1 aromatic carbocycles. The van der Waals surface area contributed by atoms with Crippen molar-refractivity contribution in [1.82, 2.24) is 15.5 Å². The molecule has 0 bridgehead atoms. The average molecular weight is 396 g/mol. The molecule has 0 aliphatic carbocycles. The van der Waals surface area contributed by atoms with Gasteiger partial charge in [-0.05, 0) is 41.4 Å². The molecule has 1 heterocycles. The Bertz CT molecular complexity index is 590. The Labute approximate surface area is 152 Å². The van der Waals surface area contributed by atoms with Gasteiger partial charge in [-0.2, -0.15) is 0 Å². The summed E-state index contributed by atoms with van der Waals surface area (Å²) in [5.74, 6) is 0.695. The van der Waals surface area contributed by atoms with Crippen LogP contribution in [0, 0.1) is 0 Å². The number of amides is 1. The number of halogens is 1. The summed E-state index contributed by atoms with van der Waals surface area (Å²) in [7, 11) is 3.48. The molecule has 1 aromatic rings. The fourth-order valence-electron chi connectivity index (χ4n) is 2.61. The molecular weight excluding hydrogens is 370 g/mol. The van der Waals surface area contributed by atoms with Gasteiger partial charge in [0.05, 0.1) is 5.69 Å². The second kappa shape index (κ2) is 8.92. The van der Waals surface area contributed by atoms with E-state index < -0.39 is 0 Å². The van der Waals surface area contributed by atoms with Gasteiger partial charge in [-0.15, -0.1) is 0 Å². The number of para-hydroxylation sites is 1. The number of guanidine groups is 1. The molecular formula is C17H26BrN5O. The summed E-state index contributed by atoms with van der Waals surface area (Å²) in [4.78, 5) is 20.0. The van der Waals surface area contributed by atoms with Crippen LogP contribution in [0.1, 0.15) is 13.3 Å². The van der Waals surface area contributed by atoms with Crippen LogP contribution < -0.4 is 15.5 Å². The van der Waals surface area contributed by atoms with Crippen LogP contribution in [0.4, 0.5) is 5.69 Å². The standard InChI is InChI=1S/C17H26BrN5O/c1-4-19-17(20-11-16(24)22(2)3)21-13-9-10-23(12-13)15-8-6-5-7-14(15)18/h5-8,13H,4,9-12H2,1-3H3,(H2,19,20,21). The van der Waals surface area contributed by atoms with E-state index in [4.69, 9.17) is 0 Å². The second-order valence-electron chi connectivity index (χ2n) is 6.01. The molecule has 0 radical (unpaired) electrons. The maximum Gasteiger partial charge on any atom is 0.243 e. The van der Waals surface area contributed by atoms with E-state index in [0.717, 1.165) is 30.5 Å². The zero-order valence-electron chi connectivity index (χ0n) is 14.6. The van der Waals surface area contributed by atoms with E-state index in [-0.39, 0.29) is 12.5 Å². The summed E-state index contributed by atoms with van der Waals surface area (Å²) in [5, 5.41) is 6.65. The minimum absolute atomic E-state index is 0.00605. The van der Waals surface area contributed by atoms with E-state index >= 15 is 0 Å². The number of nitrogens with zero attached hydrogens (tertiary/aromatic N) is 3. The van der Waals surface area contributed by atoms with Gasteiger partial charge in [-0.3, -0.25) is 4.79 Å². The number of carbonyl (C=O) groups excluding carboxylic acids is 1. The smallest absolute Gasteiger partial charge is 0.243 e. The Hall–Kier alpha value is -1.76. The van der Waals surface area contributed by atoms with E-state index in [9.17, 15) is 4.79 Å². The fourth-order valence-corrected chi connectivity index (χ4v) is 3.14. The van der Waals surface area contributed by atoms with Gasteiger partial charge >= 0.3 is 0 Å². The number of likely N-dealkylation sites (N-methyl/N-ethyl adjacent to an activating group) is 1. The van der Waals surface area contributed by atoms with Crippen LogP contribution in [0.2, 0.25) is 0 Å². The predicted molar refractivity (Wildman–Crippen MR) is 103 cm³/mol. The molecule has 24 heavy (non-hydrogen) atoms. The topological polar surface area (TPSA) is 60.0 Å². The van der Waals surface area contributed by atoms with E-state index in [1.54, 1.807) is 19.0 Å². The highest BCUT2D eigenvalue weighted by Gasteiger charge is 2.24. The van der Waals surface area contributed by atoms with Crippen molar-refractivity contribution in [3.05, 3.63) is 28.7 Å². The molecule has 2 N–H and O–H groups in total. The zero-order valence-corrected chi connectivity index (χ0v) is 16.1. The van der Waals surface area contributed by atoms with Gasteiger partial charge in [-0.1, -0.05) is 12.1 Å². The summed E-state index contributed by atoms with van der Waals surface area (Å²) in [6.07, 6.45) is 1.04. The molecule has 1 atom stereocenters. The highest BCUT2D eigenvalue weighted by molar-refractivity contribution is 9.10. The molecule has 1 fully saturated rings. The van der Waals surface area contributed by atoms with Crippen molar-refractivity contribution in [2.75, 3.05) is 45.2 Å². The third kappa shape index (κ3) is 5.12. The third-order valence-corrected chi connectivity index (χ3v) is 4.61. The number of hydrogen-bond acceptors (Lipinski definition) is 3. The van der Waals surface area contributed by atoms with Gasteiger partial charge in [-0.25, -0.2) is 4.99 Å². The number of rotatable bonds is 5. The molecule has 1 unspecified atom stereocenters. The highest BCUT2D eigenvalue weighted by Crippen LogP contribution is 2.28. The lowest BCUT2D eigenvalue weighted by atomic mass is 10.3. The monoisotopic (exact) mass is 395 g/mol. The normalized spacial score (nSPS) is 17.8. The average Bonchev–Trinajstić information content (AvgIpc) is 3.01. The number of anilines is 1. The first kappa shape index (κ1) is 18.6. The fraction of sp³-hybridized carbons (Fsp3) is 0.529. The first-order valence-corrected chi connectivity index (χ1v) is 9.05. The maximum atomic E-state index is 11.7. The number of nitrogens with one attached hydrogen (secondary N) is 2. The Morgan fingerprint density at radius 3 is 2.83 bits per heavy atom. The Morgan fingerprint density at radius 1 is 1.42 bits per heavy atom. The number of hydrogen-bond donors (Lipinski definition) is 2. The van der Waals surface area contributed by atoms with Crippen molar-refractivity contribution in [1.29, 1.82) is 0 Å². The first-order chi connectivity index (χ1) is 11.5. The van der Waals surface area contributed by atoms with Gasteiger partial charge in [0.15, 0.2) is 5.96 Å². The molecule has 0 spiro atoms. The quantitative estimate of drug-likeness (QED) is 0.587. The molecule has 6 nitrogen and oxygen atoms in total. The zero-order chi connectivity index (χ0) is 17.5. The third-order valence-electron chi connectivity index (χ3n) is 3.94. The van der Waals surface area contributed by atoms with Crippen molar-refractivity contribution in [2.24, 2.45) is 4.99 Å². The van der Waals surface area contributed by atoms with Crippen LogP contribution in [-0.4, -0.2) is 63.1 Å². The first-order valence-electron chi connectivity index (χ1n) is 8.25. The Morgan fingerprint density at radius 2 is 2.17 bits per heavy atom. The maximum absolute atomic E-state index is 11.7. The van der Waals surface area contributed by atoms with E-state index in [2.05, 4.69) is 54.7 Å². The van der Waals surface area contributed by atoms with Crippen LogP contribution in [0.15, 0.2) is 33.7 Å². The largest absolute Gasteiger partial charge is 0.368 e. The van der Waals surface area contributed by atoms with Gasteiger partial charge < -0.3 is 20.4 Å². The molecule has 1 aliphatic rings. The van der Waals surface area contributed by atoms with Crippen molar-refractivity contribution < 1.29 is 4.79 Å². The van der Waals surface area contributed by atoms with Crippen LogP contribution in [0.25, 0.3) is 0 Å². The van der Waals surface area contributed by atoms with Crippen molar-refractivity contribution in [3.8, 4) is 0 Å². The number of carbonyl (C=O) groups is 1. The molecule has 132 valence electrons. The molecule has 2 rings (SSSR count). The summed E-state index contributed by atoms with van der Waals surface area (Å²) < 4.78 is 1.11. The van der Waals surface area contributed by atoms with Crippen LogP contribution in [-0.2, 0) is 4.79 Å². The van der Waals surface area contributed by atoms with Gasteiger partial charge in [0.25, 0.3) is 0 Å². The minimum Gasteiger partial charge on any atom is -0.368 e. The van der Waals surface area contributed by atoms with Crippen molar-refractivity contribution in [3.63, 3.8) is 0 Å². The van der Waals surface area contributed by atoms with Crippen LogP contribution in [0.5, 0.6) is 0 Å². The molecule has 1 aliphatic heterocycles. The van der Waals surface area contributed by atoms with E-state index in [1.165, 1.54) is 5.69 Å². The predicted octanol–water partition coefficient (Wildman–Crippen LogP) is 1.67. The van der Waals surface area contributed by atoms with E-state index in [1.807, 2.05) is 13.0 Å². The minimum atomic E-state index is -0.00605. The summed E-state index contributed by atoms with van der Waals surface area (Å²) >= 11 is 3.62. The SMILES string of the molecule is CCNC(=NCC(=O)N(C)C)NC1CCN(c2ccccc2Br)C1. The Kier molecular flexibility index (Phi) is 6.90. The second-order valence-corrected chi connectivity index (χ2v) is 6.87. The lowest BCUT2D eigenvalue weighted by Crippen LogP contribution is -2.45. The van der Waals surface area contributed by atoms with Crippen molar-refractivity contribution in [2.45, 2.75) is 19.4 Å². The van der Waals surface area contributed by atoms with Gasteiger partial charge in [0, 0.05) is 44.2 Å². The van der Waals surface area contributed by atoms with Crippen LogP contribution in [0.3, 0.4) is 0 Å². The molecule has 0 aromatic heterocycles. The number of benzene rings is 1. The van der Waals surface area contributed by atoms with Gasteiger partial charge in [0.1, 0.15) is 6.54 Å². The van der Waals surface area contributed by atoms with Crippen molar-refractivity contribution >= 4 is 33.5 Å². The molecule has 0 saturated carbocycles. The summed E-state index contributed by atoms with van der Waals surface area (Å²) in [6.45, 7) is 4.85. The van der Waals surface area contributed by atoms with Gasteiger partial charge in [0.2, 0.25) is 5.91 Å². The van der Waals surface area contributed by atoms with Crippen LogP contribution >= 0.6 is 15.9 Å². The molecule has 1 amide bonds. The summed E-state index contributed by atoms with van der Waals surface area (Å²) in [6, 6.07) is 8.58. The van der Waals surface area contributed by atoms with E-state index in [0.29, 0.717) is 12.0 Å². The lowest BCUT2D eigenvalue weighted by Gasteiger charge is -2.21. The number of aliphatic imine (C=N–C) groups is 1. The summed E-state index contributed by atoms with van der Waals surface area (Å²) in [5.41, 5.74) is 1.21. The lowest BCUT2D eigenvalue weighted by molar-refractivity contribution is -0.127. The highest BCUT2D eigenvalue weighted by atomic mass is 79.9. The Balaban J connectivity index is 1.95. The molecule has 1 saturated heterocycles.